The van der Waals surface area contributed by atoms with Crippen molar-refractivity contribution in [1.82, 2.24) is 9.55 Å². The molecule has 0 spiro atoms. The molecular weight excluding hydrogens is 609 g/mol. The molecule has 2 fully saturated rings. The first-order valence-electron chi connectivity index (χ1n) is 14.6. The summed E-state index contributed by atoms with van der Waals surface area (Å²) in [5, 5.41) is -0.827. The van der Waals surface area contributed by atoms with Crippen molar-refractivity contribution in [3.8, 4) is 5.75 Å². The third kappa shape index (κ3) is 6.38. The van der Waals surface area contributed by atoms with Gasteiger partial charge in [0.05, 0.1) is 11.9 Å². The maximum absolute atomic E-state index is 13.2. The highest BCUT2D eigenvalue weighted by atomic mass is 32.2. The molecule has 0 amide bonds. The van der Waals surface area contributed by atoms with Gasteiger partial charge >= 0.3 is 28.0 Å². The fourth-order valence-corrected chi connectivity index (χ4v) is 19.2. The molecule has 42 heavy (non-hydrogen) atoms. The third-order valence-electron chi connectivity index (χ3n) is 8.21. The average Bonchev–Trinajstić information content (AvgIpc) is 3.21. The van der Waals surface area contributed by atoms with Gasteiger partial charge in [0.1, 0.15) is 17.2 Å². The number of aromatic amines is 1. The zero-order valence-electron chi connectivity index (χ0n) is 25.9. The molecule has 1 aromatic carbocycles. The van der Waals surface area contributed by atoms with Gasteiger partial charge in [0.25, 0.3) is 5.56 Å². The first-order valence-corrected chi connectivity index (χ1v) is 19.9. The Morgan fingerprint density at radius 2 is 1.60 bits per heavy atom. The van der Waals surface area contributed by atoms with Crippen LogP contribution in [0, 0.1) is 6.92 Å². The minimum Gasteiger partial charge on any atom is -0.447 e. The van der Waals surface area contributed by atoms with E-state index in [0.717, 1.165) is 0 Å². The van der Waals surface area contributed by atoms with Crippen LogP contribution in [0.5, 0.6) is 5.75 Å². The predicted molar refractivity (Wildman–Crippen MR) is 175 cm³/mol. The van der Waals surface area contributed by atoms with Crippen LogP contribution in [0.4, 0.5) is 0 Å². The molecule has 2 saturated heterocycles. The van der Waals surface area contributed by atoms with E-state index >= 15 is 0 Å². The van der Waals surface area contributed by atoms with Crippen LogP contribution >= 0.6 is 24.0 Å². The Labute approximate surface area is 260 Å². The summed E-state index contributed by atoms with van der Waals surface area (Å²) in [5.74, 6) is 0.543. The van der Waals surface area contributed by atoms with E-state index in [-0.39, 0.29) is 32.7 Å². The van der Waals surface area contributed by atoms with Crippen molar-refractivity contribution in [1.29, 1.82) is 0 Å². The lowest BCUT2D eigenvalue weighted by atomic mass is 10.1. The Hall–Kier alpha value is -1.75. The van der Waals surface area contributed by atoms with Crippen molar-refractivity contribution in [3.05, 3.63) is 62.9 Å². The number of thioether (sulfide) groups is 1. The van der Waals surface area contributed by atoms with Gasteiger partial charge in [0, 0.05) is 24.0 Å². The summed E-state index contributed by atoms with van der Waals surface area (Å²) >= 11 is 7.12. The number of rotatable bonds is 7. The number of para-hydroxylation sites is 1. The summed E-state index contributed by atoms with van der Waals surface area (Å²) in [5.41, 5.74) is 0.0943. The molecule has 232 valence electrons. The number of ether oxygens (including phenoxy) is 2. The molecule has 0 saturated carbocycles. The number of aromatic nitrogens is 2. The molecule has 3 heterocycles. The SMILES string of the molecule is Cc1cn([C@@H]2S[C@@H]3CO[Si](C(C)C)(C(C)C)O[Si](C(C)C)(C(C)C)O[C@H]3[C@H]2OC(=S)Oc2ccccc2)c(=O)[nH]c1=O. The van der Waals surface area contributed by atoms with Crippen LogP contribution in [0.3, 0.4) is 0 Å². The maximum atomic E-state index is 13.2. The summed E-state index contributed by atoms with van der Waals surface area (Å²) < 4.78 is 35.4. The number of nitrogens with zero attached hydrogens (tertiary/aromatic N) is 1. The van der Waals surface area contributed by atoms with Crippen LogP contribution < -0.4 is 16.0 Å². The number of hydrogen-bond donors (Lipinski definition) is 1. The maximum Gasteiger partial charge on any atom is 0.358 e. The van der Waals surface area contributed by atoms with Gasteiger partial charge in [-0.3, -0.25) is 14.3 Å². The molecule has 1 N–H and O–H groups in total. The first-order chi connectivity index (χ1) is 19.7. The molecule has 4 rings (SSSR count). The lowest BCUT2D eigenvalue weighted by Gasteiger charge is -2.51. The molecule has 0 aliphatic carbocycles. The molecule has 2 aromatic rings. The van der Waals surface area contributed by atoms with E-state index in [1.807, 2.05) is 18.2 Å². The zero-order valence-corrected chi connectivity index (χ0v) is 29.5. The monoisotopic (exact) mass is 652 g/mol. The van der Waals surface area contributed by atoms with Crippen molar-refractivity contribution >= 4 is 46.3 Å². The normalized spacial score (nSPS) is 25.4. The quantitative estimate of drug-likeness (QED) is 0.278. The molecule has 1 aromatic heterocycles. The molecule has 2 aliphatic heterocycles. The Kier molecular flexibility index (Phi) is 10.3. The van der Waals surface area contributed by atoms with Crippen molar-refractivity contribution in [2.24, 2.45) is 0 Å². The van der Waals surface area contributed by atoms with E-state index in [1.165, 1.54) is 4.57 Å². The Morgan fingerprint density at radius 1 is 1.00 bits per heavy atom. The summed E-state index contributed by atoms with van der Waals surface area (Å²) in [6, 6.07) is 9.17. The molecule has 9 nitrogen and oxygen atoms in total. The third-order valence-corrected chi connectivity index (χ3v) is 20.2. The molecule has 13 heteroatoms. The van der Waals surface area contributed by atoms with Crippen molar-refractivity contribution in [2.75, 3.05) is 6.61 Å². The second-order valence-electron chi connectivity index (χ2n) is 12.3. The smallest absolute Gasteiger partial charge is 0.358 e. The van der Waals surface area contributed by atoms with Gasteiger partial charge < -0.3 is 22.4 Å². The van der Waals surface area contributed by atoms with Crippen molar-refractivity contribution in [2.45, 2.75) is 107 Å². The number of aryl methyl sites for hydroxylation is 1. The average molecular weight is 653 g/mol. The summed E-state index contributed by atoms with van der Waals surface area (Å²) in [4.78, 5) is 27.8. The number of H-pyrrole nitrogens is 1. The lowest BCUT2D eigenvalue weighted by Crippen LogP contribution is -2.65. The van der Waals surface area contributed by atoms with Gasteiger partial charge in [-0.05, 0) is 41.2 Å². The Balaban J connectivity index is 1.82. The molecule has 4 atom stereocenters. The van der Waals surface area contributed by atoms with Crippen LogP contribution in [-0.4, -0.2) is 56.0 Å². The topological polar surface area (TPSA) is 101 Å². The van der Waals surface area contributed by atoms with Crippen LogP contribution in [0.25, 0.3) is 0 Å². The Bertz CT molecular complexity index is 1350. The van der Waals surface area contributed by atoms with Gasteiger partial charge in [-0.25, -0.2) is 4.79 Å². The van der Waals surface area contributed by atoms with Crippen LogP contribution in [-0.2, 0) is 17.7 Å². The van der Waals surface area contributed by atoms with Crippen molar-refractivity contribution < 1.29 is 22.4 Å². The van der Waals surface area contributed by atoms with Crippen LogP contribution in [0.1, 0.15) is 66.3 Å². The largest absolute Gasteiger partial charge is 0.447 e. The van der Waals surface area contributed by atoms with Gasteiger partial charge in [0.15, 0.2) is 6.10 Å². The van der Waals surface area contributed by atoms with E-state index in [9.17, 15) is 9.59 Å². The van der Waals surface area contributed by atoms with E-state index in [2.05, 4.69) is 60.4 Å². The van der Waals surface area contributed by atoms with E-state index in [4.69, 9.17) is 34.7 Å². The highest BCUT2D eigenvalue weighted by Crippen LogP contribution is 2.52. The number of fused-ring (bicyclic) bond motifs is 1. The summed E-state index contributed by atoms with van der Waals surface area (Å²) in [6.07, 6.45) is 0.339. The van der Waals surface area contributed by atoms with Crippen molar-refractivity contribution in [3.63, 3.8) is 0 Å². The fraction of sp³-hybridized carbons (Fsp3) is 0.621. The highest BCUT2D eigenvalue weighted by Gasteiger charge is 2.62. The first kappa shape index (κ1) is 33.2. The summed E-state index contributed by atoms with van der Waals surface area (Å²) in [7, 11) is -5.74. The van der Waals surface area contributed by atoms with Gasteiger partial charge in [-0.1, -0.05) is 73.6 Å². The molecule has 0 bridgehead atoms. The summed E-state index contributed by atoms with van der Waals surface area (Å²) in [6.45, 7) is 19.4. The van der Waals surface area contributed by atoms with E-state index < -0.39 is 46.0 Å². The fourth-order valence-electron chi connectivity index (χ4n) is 5.97. The van der Waals surface area contributed by atoms with Gasteiger partial charge in [0.2, 0.25) is 0 Å². The Morgan fingerprint density at radius 3 is 2.17 bits per heavy atom. The zero-order chi connectivity index (χ0) is 31.0. The number of hydrogen-bond acceptors (Lipinski definition) is 9. The van der Waals surface area contributed by atoms with Gasteiger partial charge in [-0.2, -0.15) is 0 Å². The number of benzene rings is 1. The minimum atomic E-state index is -2.98. The molecule has 0 unspecified atom stereocenters. The standard InChI is InChI=1S/C29H44N2O7S2Si2/c1-17(2)41(18(3)4)34-16-23-24(37-42(38-41,19(5)6)20(7)8)25(36-29(39)35-22-13-11-10-12-14-22)27(40-23)31-15-21(9)26(32)30-28(31)33/h10-15,17-20,23-25,27H,16H2,1-9H3,(H,30,32,33)/t23-,24-,25-,27-/m1/s1. The van der Waals surface area contributed by atoms with Crippen LogP contribution in [0.2, 0.25) is 22.2 Å². The highest BCUT2D eigenvalue weighted by molar-refractivity contribution is 8.00. The second kappa shape index (κ2) is 13.1. The number of nitrogens with one attached hydrogen (secondary N) is 1. The van der Waals surface area contributed by atoms with E-state index in [0.29, 0.717) is 17.9 Å². The van der Waals surface area contributed by atoms with Crippen LogP contribution in [0.15, 0.2) is 46.1 Å². The van der Waals surface area contributed by atoms with Gasteiger partial charge in [-0.15, -0.1) is 11.8 Å². The minimum absolute atomic E-state index is 0.0754. The molecule has 0 radical (unpaired) electrons. The number of thiocarbonyl (C=S) groups is 1. The predicted octanol–water partition coefficient (Wildman–Crippen LogP) is 6.16. The second-order valence-corrected chi connectivity index (χ2v) is 22.9. The lowest BCUT2D eigenvalue weighted by molar-refractivity contribution is -0.00891. The van der Waals surface area contributed by atoms with E-state index in [1.54, 1.807) is 37.0 Å². The molecular formula is C29H44N2O7S2Si2. The molecule has 2 aliphatic rings.